The predicted octanol–water partition coefficient (Wildman–Crippen LogP) is 1.47. The van der Waals surface area contributed by atoms with Crippen LogP contribution in [-0.2, 0) is 4.74 Å². The van der Waals surface area contributed by atoms with Gasteiger partial charge in [0, 0.05) is 13.3 Å². The maximum absolute atomic E-state index is 12.0. The molecule has 98 valence electrons. The Labute approximate surface area is 106 Å². The van der Waals surface area contributed by atoms with Crippen molar-refractivity contribution in [3.63, 3.8) is 0 Å². The number of pyridine rings is 1. The normalized spacial score (nSPS) is 23.6. The number of nitrogens with one attached hydrogen (secondary N) is 1. The van der Waals surface area contributed by atoms with Gasteiger partial charge in [0.2, 0.25) is 0 Å². The number of hydrogen-bond acceptors (Lipinski definition) is 4. The first-order valence-corrected chi connectivity index (χ1v) is 6.20. The Kier molecular flexibility index (Phi) is 4.15. The molecule has 2 atom stereocenters. The molecule has 1 aliphatic rings. The average molecular weight is 250 g/mol. The first-order valence-electron chi connectivity index (χ1n) is 6.20. The molecule has 1 aromatic rings. The minimum Gasteiger partial charge on any atom is -0.505 e. The van der Waals surface area contributed by atoms with Crippen molar-refractivity contribution in [2.24, 2.45) is 0 Å². The van der Waals surface area contributed by atoms with Crippen molar-refractivity contribution in [1.29, 1.82) is 0 Å². The second-order valence-electron chi connectivity index (χ2n) is 4.51. The van der Waals surface area contributed by atoms with E-state index in [0.29, 0.717) is 0 Å². The summed E-state index contributed by atoms with van der Waals surface area (Å²) in [5.41, 5.74) is 0.0675. The van der Waals surface area contributed by atoms with Gasteiger partial charge in [0.25, 0.3) is 5.91 Å². The van der Waals surface area contributed by atoms with Crippen LogP contribution in [0.4, 0.5) is 0 Å². The van der Waals surface area contributed by atoms with Gasteiger partial charge in [-0.05, 0) is 25.0 Å². The number of carbonyl (C=O) groups is 1. The predicted molar refractivity (Wildman–Crippen MR) is 66.4 cm³/mol. The quantitative estimate of drug-likeness (QED) is 0.852. The number of carbonyl (C=O) groups excluding carboxylic acids is 1. The zero-order valence-corrected chi connectivity index (χ0v) is 10.4. The van der Waals surface area contributed by atoms with Crippen LogP contribution in [-0.4, -0.2) is 35.3 Å². The molecule has 2 rings (SSSR count). The molecule has 0 unspecified atom stereocenters. The number of amides is 1. The van der Waals surface area contributed by atoms with Crippen LogP contribution in [0.1, 0.15) is 36.2 Å². The van der Waals surface area contributed by atoms with Crippen LogP contribution in [0.2, 0.25) is 0 Å². The summed E-state index contributed by atoms with van der Waals surface area (Å²) in [5, 5.41) is 12.5. The van der Waals surface area contributed by atoms with E-state index in [1.54, 1.807) is 13.2 Å². The van der Waals surface area contributed by atoms with E-state index in [1.807, 2.05) is 0 Å². The third-order valence-corrected chi connectivity index (χ3v) is 3.32. The van der Waals surface area contributed by atoms with E-state index < -0.39 is 0 Å². The Balaban J connectivity index is 2.04. The zero-order valence-electron chi connectivity index (χ0n) is 10.4. The molecule has 5 heteroatoms. The van der Waals surface area contributed by atoms with Crippen LogP contribution in [0.15, 0.2) is 18.3 Å². The first kappa shape index (κ1) is 12.8. The van der Waals surface area contributed by atoms with Gasteiger partial charge in [0.05, 0.1) is 12.1 Å². The van der Waals surface area contributed by atoms with Crippen molar-refractivity contribution in [3.05, 3.63) is 24.0 Å². The SMILES string of the molecule is CO[C@H]1CCCC[C@H]1NC(=O)c1ncccc1O. The smallest absolute Gasteiger partial charge is 0.274 e. The van der Waals surface area contributed by atoms with Gasteiger partial charge in [0.1, 0.15) is 5.75 Å². The maximum Gasteiger partial charge on any atom is 0.274 e. The van der Waals surface area contributed by atoms with Crippen molar-refractivity contribution < 1.29 is 14.6 Å². The number of hydrogen-bond donors (Lipinski definition) is 2. The number of aromatic nitrogens is 1. The van der Waals surface area contributed by atoms with Gasteiger partial charge in [-0.2, -0.15) is 0 Å². The number of methoxy groups -OCH3 is 1. The summed E-state index contributed by atoms with van der Waals surface area (Å²) in [7, 11) is 1.66. The monoisotopic (exact) mass is 250 g/mol. The molecule has 0 bridgehead atoms. The van der Waals surface area contributed by atoms with Crippen LogP contribution in [0.3, 0.4) is 0 Å². The lowest BCUT2D eigenvalue weighted by Crippen LogP contribution is -2.46. The molecule has 1 saturated carbocycles. The molecule has 1 fully saturated rings. The van der Waals surface area contributed by atoms with E-state index in [2.05, 4.69) is 10.3 Å². The molecule has 0 aliphatic heterocycles. The lowest BCUT2D eigenvalue weighted by molar-refractivity contribution is 0.0390. The van der Waals surface area contributed by atoms with Gasteiger partial charge >= 0.3 is 0 Å². The average Bonchev–Trinajstić information content (AvgIpc) is 2.39. The molecule has 18 heavy (non-hydrogen) atoms. The van der Waals surface area contributed by atoms with Crippen LogP contribution >= 0.6 is 0 Å². The number of nitrogens with zero attached hydrogens (tertiary/aromatic N) is 1. The lowest BCUT2D eigenvalue weighted by Gasteiger charge is -2.30. The summed E-state index contributed by atoms with van der Waals surface area (Å²) in [5.74, 6) is -0.443. The highest BCUT2D eigenvalue weighted by atomic mass is 16.5. The largest absolute Gasteiger partial charge is 0.505 e. The maximum atomic E-state index is 12.0. The molecule has 1 aliphatic carbocycles. The standard InChI is InChI=1S/C13H18N2O3/c1-18-11-7-3-2-5-9(11)15-13(17)12-10(16)6-4-8-14-12/h4,6,8-9,11,16H,2-3,5,7H2,1H3,(H,15,17)/t9-,11+/m1/s1. The van der Waals surface area contributed by atoms with E-state index in [0.717, 1.165) is 25.7 Å². The Morgan fingerprint density at radius 3 is 3.00 bits per heavy atom. The minimum atomic E-state index is -0.345. The Hall–Kier alpha value is -1.62. The van der Waals surface area contributed by atoms with E-state index in [4.69, 9.17) is 4.74 Å². The van der Waals surface area contributed by atoms with Crippen LogP contribution < -0.4 is 5.32 Å². The molecule has 1 heterocycles. The van der Waals surface area contributed by atoms with E-state index in [9.17, 15) is 9.90 Å². The third kappa shape index (κ3) is 2.79. The summed E-state index contributed by atoms with van der Waals surface area (Å²) in [6.45, 7) is 0. The summed E-state index contributed by atoms with van der Waals surface area (Å²) in [6.07, 6.45) is 5.60. The highest BCUT2D eigenvalue weighted by molar-refractivity contribution is 5.94. The zero-order chi connectivity index (χ0) is 13.0. The second-order valence-corrected chi connectivity index (χ2v) is 4.51. The van der Waals surface area contributed by atoms with Crippen molar-refractivity contribution in [2.45, 2.75) is 37.8 Å². The van der Waals surface area contributed by atoms with Gasteiger partial charge in [0.15, 0.2) is 5.69 Å². The summed E-state index contributed by atoms with van der Waals surface area (Å²) in [4.78, 5) is 15.9. The molecular formula is C13H18N2O3. The number of ether oxygens (including phenoxy) is 1. The molecule has 2 N–H and O–H groups in total. The molecule has 0 saturated heterocycles. The van der Waals surface area contributed by atoms with Gasteiger partial charge < -0.3 is 15.2 Å². The van der Waals surface area contributed by atoms with Crippen LogP contribution in [0.5, 0.6) is 5.75 Å². The molecule has 0 spiro atoms. The fourth-order valence-electron chi connectivity index (χ4n) is 2.35. The molecule has 1 amide bonds. The van der Waals surface area contributed by atoms with Crippen molar-refractivity contribution >= 4 is 5.91 Å². The highest BCUT2D eigenvalue weighted by Crippen LogP contribution is 2.21. The Morgan fingerprint density at radius 1 is 1.50 bits per heavy atom. The lowest BCUT2D eigenvalue weighted by atomic mass is 9.92. The van der Waals surface area contributed by atoms with E-state index in [1.165, 1.54) is 12.3 Å². The molecule has 1 aromatic heterocycles. The van der Waals surface area contributed by atoms with Crippen molar-refractivity contribution in [2.75, 3.05) is 7.11 Å². The van der Waals surface area contributed by atoms with Gasteiger partial charge in [-0.15, -0.1) is 0 Å². The minimum absolute atomic E-state index is 0.00217. The fourth-order valence-corrected chi connectivity index (χ4v) is 2.35. The summed E-state index contributed by atoms with van der Waals surface area (Å²) in [6, 6.07) is 3.04. The van der Waals surface area contributed by atoms with Crippen LogP contribution in [0.25, 0.3) is 0 Å². The Morgan fingerprint density at radius 2 is 2.28 bits per heavy atom. The molecular weight excluding hydrogens is 232 g/mol. The molecule has 0 aromatic carbocycles. The van der Waals surface area contributed by atoms with E-state index in [-0.39, 0.29) is 29.5 Å². The number of rotatable bonds is 3. The molecule has 0 radical (unpaired) electrons. The third-order valence-electron chi connectivity index (χ3n) is 3.32. The summed E-state index contributed by atoms with van der Waals surface area (Å²) >= 11 is 0. The van der Waals surface area contributed by atoms with Crippen molar-refractivity contribution in [1.82, 2.24) is 10.3 Å². The number of aromatic hydroxyl groups is 1. The Bertz CT molecular complexity index is 422. The van der Waals surface area contributed by atoms with Crippen LogP contribution in [0, 0.1) is 0 Å². The highest BCUT2D eigenvalue weighted by Gasteiger charge is 2.27. The molecule has 5 nitrogen and oxygen atoms in total. The summed E-state index contributed by atoms with van der Waals surface area (Å²) < 4.78 is 5.37. The van der Waals surface area contributed by atoms with Gasteiger partial charge in [-0.3, -0.25) is 4.79 Å². The van der Waals surface area contributed by atoms with Gasteiger partial charge in [-0.25, -0.2) is 4.98 Å². The van der Waals surface area contributed by atoms with Gasteiger partial charge in [-0.1, -0.05) is 12.8 Å². The topological polar surface area (TPSA) is 71.5 Å². The second kappa shape index (κ2) is 5.82. The fraction of sp³-hybridized carbons (Fsp3) is 0.538. The van der Waals surface area contributed by atoms with Crippen molar-refractivity contribution in [3.8, 4) is 5.75 Å². The first-order chi connectivity index (χ1) is 8.72. The van der Waals surface area contributed by atoms with E-state index >= 15 is 0 Å².